The molecule has 0 aliphatic carbocycles. The summed E-state index contributed by atoms with van der Waals surface area (Å²) in [4.78, 5) is 27.5. The fourth-order valence-corrected chi connectivity index (χ4v) is 3.57. The molecule has 0 saturated carbocycles. The lowest BCUT2D eigenvalue weighted by Crippen LogP contribution is -2.29. The molecule has 0 radical (unpaired) electrons. The minimum atomic E-state index is -0.838. The third-order valence-corrected chi connectivity index (χ3v) is 5.04. The second kappa shape index (κ2) is 11.4. The summed E-state index contributed by atoms with van der Waals surface area (Å²) in [5, 5.41) is 13.5. The lowest BCUT2D eigenvalue weighted by atomic mass is 9.87. The molecular weight excluding hydrogens is 416 g/mol. The largest absolute Gasteiger partial charge is 0.507 e. The van der Waals surface area contributed by atoms with E-state index in [4.69, 9.17) is 18.6 Å². The van der Waals surface area contributed by atoms with Crippen LogP contribution in [0.15, 0.2) is 27.4 Å². The average Bonchev–Trinajstić information content (AvgIpc) is 2.74. The number of carbonyl (C=O) groups is 1. The maximum absolute atomic E-state index is 12.8. The van der Waals surface area contributed by atoms with Crippen molar-refractivity contribution in [2.45, 2.75) is 25.7 Å². The molecule has 9 nitrogen and oxygen atoms in total. The van der Waals surface area contributed by atoms with Crippen molar-refractivity contribution in [2.75, 3.05) is 48.5 Å². The van der Waals surface area contributed by atoms with E-state index in [1.807, 2.05) is 19.0 Å². The van der Waals surface area contributed by atoms with E-state index in [2.05, 4.69) is 5.32 Å². The van der Waals surface area contributed by atoms with Crippen LogP contribution in [0.3, 0.4) is 0 Å². The number of aryl methyl sites for hydroxylation is 1. The van der Waals surface area contributed by atoms with Gasteiger partial charge in [-0.15, -0.1) is 0 Å². The van der Waals surface area contributed by atoms with E-state index in [1.165, 1.54) is 27.4 Å². The summed E-state index contributed by atoms with van der Waals surface area (Å²) in [6, 6.07) is 4.69. The number of hydrogen-bond donors (Lipinski definition) is 2. The van der Waals surface area contributed by atoms with E-state index in [0.717, 1.165) is 13.0 Å². The van der Waals surface area contributed by atoms with Crippen LogP contribution in [0, 0.1) is 6.92 Å². The first-order chi connectivity index (χ1) is 15.2. The van der Waals surface area contributed by atoms with Crippen LogP contribution in [0.5, 0.6) is 23.0 Å². The molecular formula is C23H32N2O7. The molecule has 1 aromatic heterocycles. The highest BCUT2D eigenvalue weighted by Crippen LogP contribution is 2.45. The van der Waals surface area contributed by atoms with Gasteiger partial charge in [0.1, 0.15) is 11.5 Å². The number of carbonyl (C=O) groups excluding carboxylic acids is 1. The predicted molar refractivity (Wildman–Crippen MR) is 120 cm³/mol. The van der Waals surface area contributed by atoms with Gasteiger partial charge in [-0.25, -0.2) is 4.79 Å². The third kappa shape index (κ3) is 5.94. The van der Waals surface area contributed by atoms with Gasteiger partial charge in [0.2, 0.25) is 11.7 Å². The van der Waals surface area contributed by atoms with Crippen LogP contribution in [0.25, 0.3) is 0 Å². The number of aromatic hydroxyl groups is 1. The number of rotatable bonds is 11. The summed E-state index contributed by atoms with van der Waals surface area (Å²) in [6.07, 6.45) is 0.677. The Morgan fingerprint density at radius 3 is 2.41 bits per heavy atom. The van der Waals surface area contributed by atoms with Gasteiger partial charge in [0, 0.05) is 30.5 Å². The molecule has 1 heterocycles. The maximum atomic E-state index is 12.8. The highest BCUT2D eigenvalue weighted by Gasteiger charge is 2.30. The molecule has 2 rings (SSSR count). The Balaban J connectivity index is 2.51. The lowest BCUT2D eigenvalue weighted by Gasteiger charge is -2.22. The van der Waals surface area contributed by atoms with Crippen LogP contribution < -0.4 is 25.2 Å². The number of ether oxygens (including phenoxy) is 3. The first-order valence-corrected chi connectivity index (χ1v) is 10.3. The zero-order valence-corrected chi connectivity index (χ0v) is 19.5. The number of amides is 1. The Morgan fingerprint density at radius 1 is 1.16 bits per heavy atom. The van der Waals surface area contributed by atoms with Crippen LogP contribution in [0.1, 0.15) is 35.6 Å². The average molecular weight is 449 g/mol. The molecule has 0 fully saturated rings. The van der Waals surface area contributed by atoms with Crippen LogP contribution in [0.2, 0.25) is 0 Å². The van der Waals surface area contributed by atoms with Gasteiger partial charge in [-0.05, 0) is 40.1 Å². The summed E-state index contributed by atoms with van der Waals surface area (Å²) in [5.41, 5.74) is -0.255. The van der Waals surface area contributed by atoms with E-state index in [1.54, 1.807) is 19.1 Å². The molecule has 176 valence electrons. The minimum Gasteiger partial charge on any atom is -0.507 e. The fraction of sp³-hybridized carbons (Fsp3) is 0.478. The zero-order valence-electron chi connectivity index (χ0n) is 19.5. The fourth-order valence-electron chi connectivity index (χ4n) is 3.57. The first kappa shape index (κ1) is 25.1. The normalized spacial score (nSPS) is 11.8. The second-order valence-electron chi connectivity index (χ2n) is 7.63. The van der Waals surface area contributed by atoms with E-state index < -0.39 is 11.5 Å². The molecule has 0 bridgehead atoms. The van der Waals surface area contributed by atoms with Crippen molar-refractivity contribution < 1.29 is 28.5 Å². The van der Waals surface area contributed by atoms with Crippen LogP contribution in [-0.2, 0) is 4.79 Å². The van der Waals surface area contributed by atoms with Gasteiger partial charge in [-0.1, -0.05) is 6.07 Å². The summed E-state index contributed by atoms with van der Waals surface area (Å²) in [5.74, 6) is -0.0412. The SMILES string of the molecule is COc1ccc([C@@H](CC(=O)NCCCN(C)C)c2c(O)cc(C)oc2=O)c(OC)c1OC. The van der Waals surface area contributed by atoms with Gasteiger partial charge in [-0.3, -0.25) is 4.79 Å². The molecule has 2 N–H and O–H groups in total. The Kier molecular flexibility index (Phi) is 8.95. The van der Waals surface area contributed by atoms with Crippen molar-refractivity contribution in [3.05, 3.63) is 45.5 Å². The molecule has 1 amide bonds. The third-order valence-electron chi connectivity index (χ3n) is 5.04. The van der Waals surface area contributed by atoms with Gasteiger partial charge in [-0.2, -0.15) is 0 Å². The number of nitrogens with one attached hydrogen (secondary N) is 1. The van der Waals surface area contributed by atoms with Crippen molar-refractivity contribution in [2.24, 2.45) is 0 Å². The van der Waals surface area contributed by atoms with Crippen molar-refractivity contribution in [3.8, 4) is 23.0 Å². The smallest absolute Gasteiger partial charge is 0.343 e. The lowest BCUT2D eigenvalue weighted by molar-refractivity contribution is -0.121. The molecule has 2 aromatic rings. The summed E-state index contributed by atoms with van der Waals surface area (Å²) in [6.45, 7) is 2.88. The molecule has 0 unspecified atom stereocenters. The monoisotopic (exact) mass is 448 g/mol. The van der Waals surface area contributed by atoms with Crippen molar-refractivity contribution in [1.82, 2.24) is 10.2 Å². The van der Waals surface area contributed by atoms with Crippen LogP contribution in [-0.4, -0.2) is 64.4 Å². The maximum Gasteiger partial charge on any atom is 0.343 e. The van der Waals surface area contributed by atoms with Gasteiger partial charge in [0.15, 0.2) is 11.5 Å². The van der Waals surface area contributed by atoms with Crippen molar-refractivity contribution in [1.29, 1.82) is 0 Å². The number of methoxy groups -OCH3 is 3. The second-order valence-corrected chi connectivity index (χ2v) is 7.63. The van der Waals surface area contributed by atoms with Crippen molar-refractivity contribution >= 4 is 5.91 Å². The standard InChI is InChI=1S/C23H32N2O7/c1-14-12-17(26)20(23(28)32-14)16(13-19(27)24-10-7-11-25(2)3)15-8-9-18(29-4)22(31-6)21(15)30-5/h8-9,12,16,26H,7,10-11,13H2,1-6H3,(H,24,27)/t16-/m1/s1. The van der Waals surface area contributed by atoms with E-state index in [0.29, 0.717) is 29.4 Å². The Labute approximate surface area is 187 Å². The molecule has 1 aromatic carbocycles. The Bertz CT molecular complexity index is 985. The van der Waals surface area contributed by atoms with Gasteiger partial charge in [0.05, 0.1) is 26.9 Å². The molecule has 0 aliphatic heterocycles. The van der Waals surface area contributed by atoms with E-state index in [9.17, 15) is 14.7 Å². The predicted octanol–water partition coefficient (Wildman–Crippen LogP) is 2.27. The molecule has 32 heavy (non-hydrogen) atoms. The summed E-state index contributed by atoms with van der Waals surface area (Å²) in [7, 11) is 8.34. The Morgan fingerprint density at radius 2 is 1.84 bits per heavy atom. The minimum absolute atomic E-state index is 0.0236. The van der Waals surface area contributed by atoms with Crippen molar-refractivity contribution in [3.63, 3.8) is 0 Å². The van der Waals surface area contributed by atoms with E-state index in [-0.39, 0.29) is 29.4 Å². The summed E-state index contributed by atoms with van der Waals surface area (Å²) >= 11 is 0. The molecule has 0 aliphatic rings. The van der Waals surface area contributed by atoms with Gasteiger partial charge < -0.3 is 34.0 Å². The van der Waals surface area contributed by atoms with Gasteiger partial charge in [0.25, 0.3) is 0 Å². The molecule has 9 heteroatoms. The number of nitrogens with zero attached hydrogens (tertiary/aromatic N) is 1. The summed E-state index contributed by atoms with van der Waals surface area (Å²) < 4.78 is 21.6. The quantitative estimate of drug-likeness (QED) is 0.504. The highest BCUT2D eigenvalue weighted by molar-refractivity contribution is 5.78. The van der Waals surface area contributed by atoms with Crippen LogP contribution in [0.4, 0.5) is 0 Å². The van der Waals surface area contributed by atoms with E-state index >= 15 is 0 Å². The first-order valence-electron chi connectivity index (χ1n) is 10.3. The highest BCUT2D eigenvalue weighted by atomic mass is 16.5. The zero-order chi connectivity index (χ0) is 23.8. The Hall–Kier alpha value is -3.20. The molecule has 0 spiro atoms. The number of hydrogen-bond acceptors (Lipinski definition) is 8. The molecule has 0 saturated heterocycles. The van der Waals surface area contributed by atoms with Crippen LogP contribution >= 0.6 is 0 Å². The topological polar surface area (TPSA) is 110 Å². The van der Waals surface area contributed by atoms with Gasteiger partial charge >= 0.3 is 5.63 Å². The number of benzene rings is 1. The molecule has 1 atom stereocenters.